The minimum Gasteiger partial charge on any atom is -0.457 e. The highest BCUT2D eigenvalue weighted by Crippen LogP contribution is 2.24. The van der Waals surface area contributed by atoms with Crippen LogP contribution in [-0.2, 0) is 0 Å². The van der Waals surface area contributed by atoms with Crippen LogP contribution < -0.4 is 10.1 Å². The van der Waals surface area contributed by atoms with Crippen LogP contribution in [-0.4, -0.2) is 14.6 Å². The van der Waals surface area contributed by atoms with E-state index in [2.05, 4.69) is 41.9 Å². The molecule has 0 saturated carbocycles. The van der Waals surface area contributed by atoms with Crippen LogP contribution in [0.5, 0.6) is 0 Å². The molecule has 0 unspecified atom stereocenters. The first kappa shape index (κ1) is 18.5. The first-order valence-corrected chi connectivity index (χ1v) is 11.0. The first-order valence-electron chi connectivity index (χ1n) is 8.60. The summed E-state index contributed by atoms with van der Waals surface area (Å²) in [4.78, 5) is 17.8. The molecule has 3 aromatic heterocycles. The predicted molar refractivity (Wildman–Crippen MR) is 121 cm³/mol. The zero-order chi connectivity index (χ0) is 20.0. The topological polar surface area (TPSA) is 60.4 Å². The lowest BCUT2D eigenvalue weighted by atomic mass is 10.2. The number of hydrogen-bond acceptors (Lipinski definition) is 5. The fraction of sp³-hybridized carbons (Fsp3) is 0. The Hall–Kier alpha value is -2.55. The van der Waals surface area contributed by atoms with Crippen LogP contribution in [0, 0.1) is 0 Å². The summed E-state index contributed by atoms with van der Waals surface area (Å²) in [6, 6.07) is 19.3. The van der Waals surface area contributed by atoms with Crippen molar-refractivity contribution in [2.75, 3.05) is 0 Å². The lowest BCUT2D eigenvalue weighted by molar-refractivity contribution is 0.571. The van der Waals surface area contributed by atoms with E-state index in [9.17, 15) is 4.79 Å². The van der Waals surface area contributed by atoms with E-state index in [1.165, 1.54) is 15.9 Å². The number of halogens is 2. The van der Waals surface area contributed by atoms with Crippen LogP contribution in [0.1, 0.15) is 5.76 Å². The van der Waals surface area contributed by atoms with Gasteiger partial charge in [0.05, 0.1) is 0 Å². The average Bonchev–Trinajstić information content (AvgIpc) is 3.41. The summed E-state index contributed by atoms with van der Waals surface area (Å²) in [5, 5.41) is 4.37. The second-order valence-electron chi connectivity index (χ2n) is 6.26. The molecule has 5 aromatic rings. The largest absolute Gasteiger partial charge is 0.457 e. The summed E-state index contributed by atoms with van der Waals surface area (Å²) >= 11 is 8.12. The highest BCUT2D eigenvalue weighted by molar-refractivity contribution is 9.10. The number of fused-ring (bicyclic) bond motifs is 1. The van der Waals surface area contributed by atoms with Crippen molar-refractivity contribution in [2.24, 2.45) is 0 Å². The van der Waals surface area contributed by atoms with Crippen molar-refractivity contribution in [2.45, 2.75) is 0 Å². The van der Waals surface area contributed by atoms with Crippen molar-refractivity contribution in [3.05, 3.63) is 90.3 Å². The average molecular weight is 529 g/mol. The van der Waals surface area contributed by atoms with Gasteiger partial charge >= 0.3 is 0 Å². The number of furan rings is 1. The van der Waals surface area contributed by atoms with Gasteiger partial charge < -0.3 is 4.42 Å². The van der Waals surface area contributed by atoms with Crippen molar-refractivity contribution >= 4 is 54.2 Å². The molecular formula is C21H11Br2N3O2S. The Morgan fingerprint density at radius 2 is 1.55 bits per heavy atom. The molecule has 2 aromatic carbocycles. The molecule has 0 N–H and O–H groups in total. The summed E-state index contributed by atoms with van der Waals surface area (Å²) in [6.07, 6.45) is 1.73. The van der Waals surface area contributed by atoms with E-state index in [1.54, 1.807) is 6.08 Å². The number of benzene rings is 2. The van der Waals surface area contributed by atoms with E-state index in [0.29, 0.717) is 21.1 Å². The van der Waals surface area contributed by atoms with Gasteiger partial charge in [-0.15, -0.1) is 5.10 Å². The molecule has 0 fully saturated rings. The van der Waals surface area contributed by atoms with Crippen molar-refractivity contribution in [1.29, 1.82) is 0 Å². The second kappa shape index (κ2) is 7.37. The fourth-order valence-electron chi connectivity index (χ4n) is 2.88. The normalized spacial score (nSPS) is 12.1. The Morgan fingerprint density at radius 1 is 0.897 bits per heavy atom. The van der Waals surface area contributed by atoms with Gasteiger partial charge in [0.1, 0.15) is 16.1 Å². The van der Waals surface area contributed by atoms with Gasteiger partial charge in [0.2, 0.25) is 4.96 Å². The molecule has 29 heavy (non-hydrogen) atoms. The number of hydrogen-bond donors (Lipinski definition) is 0. The number of aromatic nitrogens is 3. The van der Waals surface area contributed by atoms with Gasteiger partial charge in [0.15, 0.2) is 5.82 Å². The standard InChI is InChI=1S/C21H11Br2N3O2S/c22-14-5-1-12(2-6-14)17-10-9-16(28-17)11-18-20(27)26-21(29-18)24-19(25-26)13-3-7-15(23)8-4-13/h1-11H. The third-order valence-corrected chi connectivity index (χ3v) is 6.33. The van der Waals surface area contributed by atoms with Crippen LogP contribution in [0.4, 0.5) is 0 Å². The number of thiazole rings is 1. The van der Waals surface area contributed by atoms with Crippen molar-refractivity contribution in [1.82, 2.24) is 14.6 Å². The molecule has 0 aliphatic heterocycles. The molecule has 0 spiro atoms. The van der Waals surface area contributed by atoms with Crippen LogP contribution >= 0.6 is 43.2 Å². The maximum atomic E-state index is 12.7. The molecular weight excluding hydrogens is 518 g/mol. The first-order chi connectivity index (χ1) is 14.1. The molecule has 0 amide bonds. The minimum absolute atomic E-state index is 0.206. The Morgan fingerprint density at radius 3 is 2.21 bits per heavy atom. The zero-order valence-corrected chi connectivity index (χ0v) is 18.7. The van der Waals surface area contributed by atoms with E-state index in [0.717, 1.165) is 25.8 Å². The molecule has 0 aliphatic carbocycles. The van der Waals surface area contributed by atoms with Crippen molar-refractivity contribution in [3.8, 4) is 22.7 Å². The molecule has 0 atom stereocenters. The number of nitrogens with zero attached hydrogens (tertiary/aromatic N) is 3. The Balaban J connectivity index is 1.51. The molecule has 3 heterocycles. The number of rotatable bonds is 3. The third kappa shape index (κ3) is 3.59. The van der Waals surface area contributed by atoms with E-state index in [4.69, 9.17) is 4.42 Å². The maximum absolute atomic E-state index is 12.7. The molecule has 8 heteroatoms. The summed E-state index contributed by atoms with van der Waals surface area (Å²) in [7, 11) is 0. The highest BCUT2D eigenvalue weighted by Gasteiger charge is 2.12. The zero-order valence-electron chi connectivity index (χ0n) is 14.7. The van der Waals surface area contributed by atoms with Gasteiger partial charge in [-0.2, -0.15) is 9.50 Å². The van der Waals surface area contributed by atoms with Crippen LogP contribution in [0.25, 0.3) is 33.7 Å². The molecule has 5 rings (SSSR count). The molecule has 142 valence electrons. The molecule has 0 aliphatic rings. The van der Waals surface area contributed by atoms with Crippen molar-refractivity contribution in [3.63, 3.8) is 0 Å². The van der Waals surface area contributed by atoms with Gasteiger partial charge in [-0.3, -0.25) is 4.79 Å². The molecule has 5 nitrogen and oxygen atoms in total. The highest BCUT2D eigenvalue weighted by atomic mass is 79.9. The minimum atomic E-state index is -0.206. The SMILES string of the molecule is O=c1c(=Cc2ccc(-c3ccc(Br)cc3)o2)sc2nc(-c3ccc(Br)cc3)nn12. The van der Waals surface area contributed by atoms with Gasteiger partial charge in [-0.05, 0) is 36.4 Å². The fourth-order valence-corrected chi connectivity index (χ4v) is 4.30. The lowest BCUT2D eigenvalue weighted by Crippen LogP contribution is -2.23. The van der Waals surface area contributed by atoms with Crippen molar-refractivity contribution < 1.29 is 4.42 Å². The summed E-state index contributed by atoms with van der Waals surface area (Å²) in [5.41, 5.74) is 1.62. The Bertz CT molecular complexity index is 1430. The third-order valence-electron chi connectivity index (χ3n) is 4.31. The van der Waals surface area contributed by atoms with Gasteiger partial charge in [0.25, 0.3) is 5.56 Å². The monoisotopic (exact) mass is 527 g/mol. The van der Waals surface area contributed by atoms with E-state index in [1.807, 2.05) is 60.7 Å². The van der Waals surface area contributed by atoms with Gasteiger partial charge in [-0.1, -0.05) is 67.5 Å². The van der Waals surface area contributed by atoms with Gasteiger partial charge in [0, 0.05) is 26.1 Å². The van der Waals surface area contributed by atoms with Crippen LogP contribution in [0.15, 0.2) is 78.8 Å². The molecule has 0 radical (unpaired) electrons. The Labute approximate surface area is 185 Å². The second-order valence-corrected chi connectivity index (χ2v) is 9.10. The summed E-state index contributed by atoms with van der Waals surface area (Å²) in [6.45, 7) is 0. The Kier molecular flexibility index (Phi) is 4.69. The lowest BCUT2D eigenvalue weighted by Gasteiger charge is -1.96. The molecule has 0 saturated heterocycles. The summed E-state index contributed by atoms with van der Waals surface area (Å²) < 4.78 is 9.74. The molecule has 0 bridgehead atoms. The van der Waals surface area contributed by atoms with E-state index in [-0.39, 0.29) is 5.56 Å². The van der Waals surface area contributed by atoms with Gasteiger partial charge in [-0.25, -0.2) is 0 Å². The smallest absolute Gasteiger partial charge is 0.291 e. The predicted octanol–water partition coefficient (Wildman–Crippen LogP) is 5.15. The van der Waals surface area contributed by atoms with E-state index < -0.39 is 0 Å². The van der Waals surface area contributed by atoms with E-state index >= 15 is 0 Å². The summed E-state index contributed by atoms with van der Waals surface area (Å²) in [5.74, 6) is 1.88. The van der Waals surface area contributed by atoms with Crippen LogP contribution in [0.2, 0.25) is 0 Å². The maximum Gasteiger partial charge on any atom is 0.291 e. The quantitative estimate of drug-likeness (QED) is 0.325. The van der Waals surface area contributed by atoms with Crippen LogP contribution in [0.3, 0.4) is 0 Å².